The van der Waals surface area contributed by atoms with Gasteiger partial charge >= 0.3 is 0 Å². The van der Waals surface area contributed by atoms with Crippen LogP contribution in [0.2, 0.25) is 0 Å². The summed E-state index contributed by atoms with van der Waals surface area (Å²) >= 11 is 0. The molecule has 1 amide bonds. The summed E-state index contributed by atoms with van der Waals surface area (Å²) in [5, 5.41) is 13.4. The molecule has 1 aromatic carbocycles. The number of carbonyl (C=O) groups excluding carboxylic acids is 1. The molecular weight excluding hydrogens is 429 g/mol. The molecule has 1 unspecified atom stereocenters. The van der Waals surface area contributed by atoms with Gasteiger partial charge in [-0.2, -0.15) is 0 Å². The Labute approximate surface area is 190 Å². The normalized spacial score (nSPS) is 15.8. The SMILES string of the molecule is COCCNC(=O)c1c(O)c2ncc(Cc3ccc(F)cc3)cc2n(CC2CCCO2)c1=O. The topological polar surface area (TPSA) is 103 Å². The summed E-state index contributed by atoms with van der Waals surface area (Å²) in [4.78, 5) is 30.4. The number of hydrogen-bond donors (Lipinski definition) is 2. The minimum Gasteiger partial charge on any atom is -0.505 e. The molecule has 1 aliphatic heterocycles. The number of nitrogens with one attached hydrogen (secondary N) is 1. The Balaban J connectivity index is 1.78. The van der Waals surface area contributed by atoms with Gasteiger partial charge in [-0.1, -0.05) is 12.1 Å². The molecular formula is C24H26FN3O5. The fourth-order valence-corrected chi connectivity index (χ4v) is 4.01. The molecule has 1 aliphatic rings. The van der Waals surface area contributed by atoms with E-state index < -0.39 is 17.2 Å². The minimum absolute atomic E-state index is 0.160. The van der Waals surface area contributed by atoms with Crippen LogP contribution in [0.3, 0.4) is 0 Å². The van der Waals surface area contributed by atoms with Gasteiger partial charge in [0, 0.05) is 26.5 Å². The number of pyridine rings is 2. The van der Waals surface area contributed by atoms with E-state index in [9.17, 15) is 19.1 Å². The number of benzene rings is 1. The standard InChI is InChI=1S/C24H26FN3O5/c1-32-10-8-26-23(30)20-22(29)21-19(28(24(20)31)14-18-3-2-9-33-18)12-16(13-27-21)11-15-4-6-17(25)7-5-15/h4-7,12-13,18,29H,2-3,8-11,14H2,1H3,(H,26,30). The van der Waals surface area contributed by atoms with Crippen molar-refractivity contribution >= 4 is 16.9 Å². The molecule has 0 saturated carbocycles. The summed E-state index contributed by atoms with van der Waals surface area (Å²) in [5.74, 6) is -1.46. The Kier molecular flexibility index (Phi) is 7.00. The smallest absolute Gasteiger partial charge is 0.267 e. The number of amides is 1. The lowest BCUT2D eigenvalue weighted by atomic mass is 10.0. The van der Waals surface area contributed by atoms with Gasteiger partial charge in [-0.25, -0.2) is 4.39 Å². The molecule has 3 heterocycles. The molecule has 4 rings (SSSR count). The number of aromatic hydroxyl groups is 1. The molecule has 33 heavy (non-hydrogen) atoms. The minimum atomic E-state index is -0.685. The molecule has 3 aromatic rings. The van der Waals surface area contributed by atoms with Crippen LogP contribution in [0.25, 0.3) is 11.0 Å². The number of rotatable bonds is 8. The maximum absolute atomic E-state index is 13.4. The number of methoxy groups -OCH3 is 1. The Morgan fingerprint density at radius 1 is 1.33 bits per heavy atom. The Hall–Kier alpha value is -3.30. The molecule has 0 spiro atoms. The third-order valence-corrected chi connectivity index (χ3v) is 5.69. The summed E-state index contributed by atoms with van der Waals surface area (Å²) in [5.41, 5.74) is 1.28. The molecule has 2 N–H and O–H groups in total. The highest BCUT2D eigenvalue weighted by Crippen LogP contribution is 2.27. The van der Waals surface area contributed by atoms with E-state index in [0.29, 0.717) is 18.5 Å². The van der Waals surface area contributed by atoms with Crippen molar-refractivity contribution in [3.8, 4) is 5.75 Å². The monoisotopic (exact) mass is 455 g/mol. The zero-order valence-electron chi connectivity index (χ0n) is 18.3. The van der Waals surface area contributed by atoms with Crippen LogP contribution in [0.4, 0.5) is 4.39 Å². The predicted octanol–water partition coefficient (Wildman–Crippen LogP) is 2.39. The van der Waals surface area contributed by atoms with Crippen LogP contribution >= 0.6 is 0 Å². The largest absolute Gasteiger partial charge is 0.505 e. The first-order valence-electron chi connectivity index (χ1n) is 10.9. The third kappa shape index (κ3) is 5.04. The van der Waals surface area contributed by atoms with Crippen LogP contribution in [-0.2, 0) is 22.4 Å². The second-order valence-electron chi connectivity index (χ2n) is 8.04. The fraction of sp³-hybridized carbons (Fsp3) is 0.375. The van der Waals surface area contributed by atoms with Gasteiger partial charge in [-0.05, 0) is 48.6 Å². The molecule has 0 aliphatic carbocycles. The highest BCUT2D eigenvalue weighted by molar-refractivity contribution is 6.01. The summed E-state index contributed by atoms with van der Waals surface area (Å²) < 4.78 is 25.3. The summed E-state index contributed by atoms with van der Waals surface area (Å²) in [7, 11) is 1.50. The van der Waals surface area contributed by atoms with E-state index >= 15 is 0 Å². The van der Waals surface area contributed by atoms with Crippen LogP contribution in [0.5, 0.6) is 5.75 Å². The van der Waals surface area contributed by atoms with Crippen molar-refractivity contribution in [1.29, 1.82) is 0 Å². The zero-order chi connectivity index (χ0) is 23.4. The van der Waals surface area contributed by atoms with Gasteiger partial charge in [0.2, 0.25) is 0 Å². The van der Waals surface area contributed by atoms with E-state index in [1.165, 1.54) is 23.8 Å². The van der Waals surface area contributed by atoms with Crippen molar-refractivity contribution in [3.05, 3.63) is 69.4 Å². The first kappa shape index (κ1) is 22.9. The molecule has 1 fully saturated rings. The van der Waals surface area contributed by atoms with E-state index in [4.69, 9.17) is 9.47 Å². The second kappa shape index (κ2) is 10.1. The van der Waals surface area contributed by atoms with Gasteiger partial charge in [0.1, 0.15) is 16.9 Å². The Morgan fingerprint density at radius 3 is 2.82 bits per heavy atom. The zero-order valence-corrected chi connectivity index (χ0v) is 18.3. The molecule has 2 aromatic heterocycles. The third-order valence-electron chi connectivity index (χ3n) is 5.69. The summed E-state index contributed by atoms with van der Waals surface area (Å²) in [6.07, 6.45) is 3.58. The number of halogens is 1. The molecule has 1 saturated heterocycles. The Morgan fingerprint density at radius 2 is 2.12 bits per heavy atom. The summed E-state index contributed by atoms with van der Waals surface area (Å²) in [6.45, 7) is 1.33. The van der Waals surface area contributed by atoms with Crippen molar-refractivity contribution in [2.45, 2.75) is 31.9 Å². The van der Waals surface area contributed by atoms with Crippen molar-refractivity contribution in [2.75, 3.05) is 26.9 Å². The first-order chi connectivity index (χ1) is 16.0. The highest BCUT2D eigenvalue weighted by Gasteiger charge is 2.26. The van der Waals surface area contributed by atoms with Gasteiger partial charge in [-0.3, -0.25) is 14.6 Å². The average Bonchev–Trinajstić information content (AvgIpc) is 3.32. The molecule has 9 heteroatoms. The van der Waals surface area contributed by atoms with Crippen LogP contribution in [0.15, 0.2) is 41.3 Å². The van der Waals surface area contributed by atoms with Crippen LogP contribution in [-0.4, -0.2) is 53.5 Å². The maximum Gasteiger partial charge on any atom is 0.267 e. The molecule has 1 atom stereocenters. The van der Waals surface area contributed by atoms with Gasteiger partial charge in [-0.15, -0.1) is 0 Å². The molecule has 0 bridgehead atoms. The van der Waals surface area contributed by atoms with Crippen LogP contribution < -0.4 is 10.9 Å². The Bertz CT molecular complexity index is 1200. The lowest BCUT2D eigenvalue weighted by Crippen LogP contribution is -2.36. The number of hydrogen-bond acceptors (Lipinski definition) is 6. The number of aromatic nitrogens is 2. The van der Waals surface area contributed by atoms with Gasteiger partial charge in [0.05, 0.1) is 24.8 Å². The van der Waals surface area contributed by atoms with E-state index in [0.717, 1.165) is 24.0 Å². The fourth-order valence-electron chi connectivity index (χ4n) is 4.01. The van der Waals surface area contributed by atoms with Crippen LogP contribution in [0, 0.1) is 5.82 Å². The van der Waals surface area contributed by atoms with Crippen LogP contribution in [0.1, 0.15) is 34.3 Å². The van der Waals surface area contributed by atoms with Gasteiger partial charge in [0.25, 0.3) is 11.5 Å². The maximum atomic E-state index is 13.4. The number of ether oxygens (including phenoxy) is 2. The molecule has 174 valence electrons. The second-order valence-corrected chi connectivity index (χ2v) is 8.04. The quantitative estimate of drug-likeness (QED) is 0.506. The predicted molar refractivity (Wildman–Crippen MR) is 120 cm³/mol. The van der Waals surface area contributed by atoms with Gasteiger partial charge < -0.3 is 24.5 Å². The lowest BCUT2D eigenvalue weighted by Gasteiger charge is -2.18. The number of nitrogens with zero attached hydrogens (tertiary/aromatic N) is 2. The summed E-state index contributed by atoms with van der Waals surface area (Å²) in [6, 6.07) is 7.91. The average molecular weight is 455 g/mol. The molecule has 8 nitrogen and oxygen atoms in total. The van der Waals surface area contributed by atoms with Crippen molar-refractivity contribution in [2.24, 2.45) is 0 Å². The van der Waals surface area contributed by atoms with E-state index in [2.05, 4.69) is 10.3 Å². The lowest BCUT2D eigenvalue weighted by molar-refractivity contribution is 0.0920. The first-order valence-corrected chi connectivity index (χ1v) is 10.9. The molecule has 0 radical (unpaired) electrons. The number of carbonyl (C=O) groups is 1. The number of fused-ring (bicyclic) bond motifs is 1. The van der Waals surface area contributed by atoms with Crippen molar-refractivity contribution in [1.82, 2.24) is 14.9 Å². The van der Waals surface area contributed by atoms with Gasteiger partial charge in [0.15, 0.2) is 5.75 Å². The highest BCUT2D eigenvalue weighted by atomic mass is 19.1. The van der Waals surface area contributed by atoms with E-state index in [1.807, 2.05) is 0 Å². The van der Waals surface area contributed by atoms with Crippen molar-refractivity contribution in [3.63, 3.8) is 0 Å². The van der Waals surface area contributed by atoms with Crippen molar-refractivity contribution < 1.29 is 23.8 Å². The van der Waals surface area contributed by atoms with E-state index in [1.54, 1.807) is 24.4 Å². The van der Waals surface area contributed by atoms with E-state index in [-0.39, 0.29) is 42.7 Å².